The number of methoxy groups -OCH3 is 1. The van der Waals surface area contributed by atoms with Crippen LogP contribution in [0.2, 0.25) is 0 Å². The predicted molar refractivity (Wildman–Crippen MR) is 55.2 cm³/mol. The Morgan fingerprint density at radius 1 is 1.44 bits per heavy atom. The van der Waals surface area contributed by atoms with Gasteiger partial charge in [-0.15, -0.1) is 0 Å². The lowest BCUT2D eigenvalue weighted by molar-refractivity contribution is 0.0941. The number of ketones is 1. The summed E-state index contributed by atoms with van der Waals surface area (Å²) in [6.07, 6.45) is -0.147. The van der Waals surface area contributed by atoms with Crippen molar-refractivity contribution in [2.45, 2.75) is 12.5 Å². The van der Waals surface area contributed by atoms with E-state index >= 15 is 0 Å². The molecule has 16 heavy (non-hydrogen) atoms. The fourth-order valence-electron chi connectivity index (χ4n) is 1.38. The first-order valence-electron chi connectivity index (χ1n) is 4.78. The Kier molecular flexibility index (Phi) is 4.52. The summed E-state index contributed by atoms with van der Waals surface area (Å²) in [6, 6.07) is 2.73. The normalized spacial score (nSPS) is 12.5. The van der Waals surface area contributed by atoms with Crippen LogP contribution >= 0.6 is 0 Å². The molecular formula is C11H13F2NO2. The van der Waals surface area contributed by atoms with E-state index in [1.165, 1.54) is 13.2 Å². The summed E-state index contributed by atoms with van der Waals surface area (Å²) in [7, 11) is 1.44. The van der Waals surface area contributed by atoms with E-state index in [0.29, 0.717) is 0 Å². The second-order valence-electron chi connectivity index (χ2n) is 3.44. The van der Waals surface area contributed by atoms with Gasteiger partial charge in [0.15, 0.2) is 5.78 Å². The highest BCUT2D eigenvalue weighted by Crippen LogP contribution is 2.14. The average Bonchev–Trinajstić information content (AvgIpc) is 2.17. The van der Waals surface area contributed by atoms with Gasteiger partial charge in [0.1, 0.15) is 11.6 Å². The van der Waals surface area contributed by atoms with Crippen molar-refractivity contribution in [1.29, 1.82) is 0 Å². The van der Waals surface area contributed by atoms with Crippen molar-refractivity contribution in [3.05, 3.63) is 35.4 Å². The largest absolute Gasteiger partial charge is 0.383 e. The number of benzene rings is 1. The molecule has 0 fully saturated rings. The molecule has 0 saturated carbocycles. The molecule has 3 nitrogen and oxygen atoms in total. The molecule has 0 spiro atoms. The molecule has 1 rings (SSSR count). The summed E-state index contributed by atoms with van der Waals surface area (Å²) >= 11 is 0. The van der Waals surface area contributed by atoms with Gasteiger partial charge in [0.2, 0.25) is 0 Å². The van der Waals surface area contributed by atoms with Gasteiger partial charge in [-0.2, -0.15) is 0 Å². The maximum absolute atomic E-state index is 13.2. The summed E-state index contributed by atoms with van der Waals surface area (Å²) in [5, 5.41) is 0. The van der Waals surface area contributed by atoms with Gasteiger partial charge in [-0.3, -0.25) is 4.79 Å². The second kappa shape index (κ2) is 5.67. The summed E-state index contributed by atoms with van der Waals surface area (Å²) in [4.78, 5) is 11.6. The smallest absolute Gasteiger partial charge is 0.170 e. The van der Waals surface area contributed by atoms with Gasteiger partial charge >= 0.3 is 0 Å². The van der Waals surface area contributed by atoms with Crippen LogP contribution < -0.4 is 5.73 Å². The van der Waals surface area contributed by atoms with Crippen LogP contribution in [0.5, 0.6) is 0 Å². The monoisotopic (exact) mass is 229 g/mol. The summed E-state index contributed by atoms with van der Waals surface area (Å²) < 4.78 is 31.1. The van der Waals surface area contributed by atoms with Gasteiger partial charge in [-0.1, -0.05) is 6.07 Å². The molecule has 1 atom stereocenters. The third kappa shape index (κ3) is 3.08. The highest BCUT2D eigenvalue weighted by atomic mass is 19.1. The fourth-order valence-corrected chi connectivity index (χ4v) is 1.38. The van der Waals surface area contributed by atoms with Gasteiger partial charge in [-0.05, 0) is 12.1 Å². The number of hydrogen-bond acceptors (Lipinski definition) is 3. The topological polar surface area (TPSA) is 52.3 Å². The number of ether oxygens (including phenoxy) is 1. The van der Waals surface area contributed by atoms with Gasteiger partial charge < -0.3 is 10.5 Å². The average molecular weight is 229 g/mol. The molecule has 1 unspecified atom stereocenters. The molecule has 1 aromatic carbocycles. The summed E-state index contributed by atoms with van der Waals surface area (Å²) in [6.45, 7) is 0.168. The van der Waals surface area contributed by atoms with Gasteiger partial charge in [0.25, 0.3) is 0 Å². The minimum Gasteiger partial charge on any atom is -0.383 e. The molecule has 0 bridgehead atoms. The number of Topliss-reactive ketones (excluding diaryl/α,β-unsaturated/α-hetero) is 1. The Labute approximate surface area is 92.2 Å². The van der Waals surface area contributed by atoms with Crippen molar-refractivity contribution < 1.29 is 18.3 Å². The van der Waals surface area contributed by atoms with Crippen molar-refractivity contribution in [3.63, 3.8) is 0 Å². The maximum Gasteiger partial charge on any atom is 0.170 e. The molecular weight excluding hydrogens is 216 g/mol. The van der Waals surface area contributed by atoms with Crippen LogP contribution in [0, 0.1) is 11.6 Å². The number of rotatable bonds is 5. The van der Waals surface area contributed by atoms with Crippen LogP contribution in [-0.2, 0) is 4.74 Å². The molecule has 0 radical (unpaired) electrons. The Bertz CT molecular complexity index is 362. The molecule has 0 aromatic heterocycles. The molecule has 0 aliphatic heterocycles. The van der Waals surface area contributed by atoms with Gasteiger partial charge in [0.05, 0.1) is 12.2 Å². The Hall–Kier alpha value is -1.33. The zero-order valence-corrected chi connectivity index (χ0v) is 8.87. The Morgan fingerprint density at radius 2 is 2.00 bits per heavy atom. The first-order chi connectivity index (χ1) is 7.56. The van der Waals surface area contributed by atoms with E-state index in [0.717, 1.165) is 12.1 Å². The van der Waals surface area contributed by atoms with Crippen molar-refractivity contribution in [2.75, 3.05) is 13.7 Å². The van der Waals surface area contributed by atoms with Crippen LogP contribution in [-0.4, -0.2) is 25.5 Å². The van der Waals surface area contributed by atoms with Crippen LogP contribution in [0.25, 0.3) is 0 Å². The first kappa shape index (κ1) is 12.7. The molecule has 1 aromatic rings. The molecule has 5 heteroatoms. The van der Waals surface area contributed by atoms with Gasteiger partial charge in [-0.25, -0.2) is 8.78 Å². The fraction of sp³-hybridized carbons (Fsp3) is 0.364. The van der Waals surface area contributed by atoms with E-state index in [9.17, 15) is 13.6 Å². The van der Waals surface area contributed by atoms with Crippen molar-refractivity contribution in [1.82, 2.24) is 0 Å². The standard InChI is InChI=1S/C11H13F2NO2/c1-16-6-7(14)5-10(15)11-8(12)3-2-4-9(11)13/h2-4,7H,5-6,14H2,1H3. The zero-order chi connectivity index (χ0) is 12.1. The number of carbonyl (C=O) groups excluding carboxylic acids is 1. The Morgan fingerprint density at radius 3 is 2.50 bits per heavy atom. The van der Waals surface area contributed by atoms with Crippen LogP contribution in [0.3, 0.4) is 0 Å². The van der Waals surface area contributed by atoms with Crippen molar-refractivity contribution >= 4 is 5.78 Å². The second-order valence-corrected chi connectivity index (χ2v) is 3.44. The predicted octanol–water partition coefficient (Wildman–Crippen LogP) is 1.51. The molecule has 0 aliphatic rings. The van der Waals surface area contributed by atoms with Crippen molar-refractivity contribution in [3.8, 4) is 0 Å². The number of halogens is 2. The maximum atomic E-state index is 13.2. The minimum absolute atomic E-state index is 0.147. The van der Waals surface area contributed by atoms with E-state index in [1.54, 1.807) is 0 Å². The van der Waals surface area contributed by atoms with E-state index in [1.807, 2.05) is 0 Å². The van der Waals surface area contributed by atoms with E-state index in [4.69, 9.17) is 10.5 Å². The number of hydrogen-bond donors (Lipinski definition) is 1. The molecule has 2 N–H and O–H groups in total. The highest BCUT2D eigenvalue weighted by Gasteiger charge is 2.19. The van der Waals surface area contributed by atoms with E-state index < -0.39 is 29.0 Å². The summed E-state index contributed by atoms with van der Waals surface area (Å²) in [5.74, 6) is -2.38. The summed E-state index contributed by atoms with van der Waals surface area (Å²) in [5.41, 5.74) is 5.00. The van der Waals surface area contributed by atoms with Crippen molar-refractivity contribution in [2.24, 2.45) is 5.73 Å². The molecule has 88 valence electrons. The molecule has 0 saturated heterocycles. The molecule has 0 aliphatic carbocycles. The number of carbonyl (C=O) groups is 1. The van der Waals surface area contributed by atoms with Crippen LogP contribution in [0.1, 0.15) is 16.8 Å². The lowest BCUT2D eigenvalue weighted by Crippen LogP contribution is -2.29. The molecule has 0 heterocycles. The van der Waals surface area contributed by atoms with E-state index in [2.05, 4.69) is 0 Å². The van der Waals surface area contributed by atoms with Gasteiger partial charge in [0, 0.05) is 19.6 Å². The first-order valence-corrected chi connectivity index (χ1v) is 4.78. The molecule has 0 amide bonds. The Balaban J connectivity index is 2.80. The SMILES string of the molecule is COCC(N)CC(=O)c1c(F)cccc1F. The quantitative estimate of drug-likeness (QED) is 0.779. The third-order valence-electron chi connectivity index (χ3n) is 2.07. The highest BCUT2D eigenvalue weighted by molar-refractivity contribution is 5.96. The number of nitrogens with two attached hydrogens (primary N) is 1. The lowest BCUT2D eigenvalue weighted by Gasteiger charge is -2.10. The van der Waals surface area contributed by atoms with Crippen LogP contribution in [0.15, 0.2) is 18.2 Å². The minimum atomic E-state index is -0.866. The third-order valence-corrected chi connectivity index (χ3v) is 2.07. The van der Waals surface area contributed by atoms with E-state index in [-0.39, 0.29) is 13.0 Å². The zero-order valence-electron chi connectivity index (χ0n) is 8.87. The lowest BCUT2D eigenvalue weighted by atomic mass is 10.0. The van der Waals surface area contributed by atoms with Crippen LogP contribution in [0.4, 0.5) is 8.78 Å².